The van der Waals surface area contributed by atoms with Crippen LogP contribution in [0.25, 0.3) is 11.1 Å². The molecule has 0 saturated carbocycles. The average molecular weight is 588 g/mol. The number of fused-ring (bicyclic) bond motifs is 4. The molecule has 2 aliphatic heterocycles. The van der Waals surface area contributed by atoms with Crippen molar-refractivity contribution in [2.45, 2.75) is 37.6 Å². The number of hydrogen-bond donors (Lipinski definition) is 9. The van der Waals surface area contributed by atoms with Gasteiger partial charge < -0.3 is 64.9 Å². The van der Waals surface area contributed by atoms with Crippen LogP contribution < -0.4 is 4.74 Å². The smallest absolute Gasteiger partial charge is 0.339 e. The van der Waals surface area contributed by atoms with Crippen LogP contribution in [-0.4, -0.2) is 95.2 Å². The topological polar surface area (TPSA) is 253 Å². The fraction of sp³-hybridized carbons (Fsp3) is 0.259. The lowest BCUT2D eigenvalue weighted by Gasteiger charge is -2.41. The Hall–Kier alpha value is -5.12. The summed E-state index contributed by atoms with van der Waals surface area (Å²) >= 11 is 0. The van der Waals surface area contributed by atoms with Gasteiger partial charge in [0.05, 0.1) is 11.1 Å². The summed E-state index contributed by atoms with van der Waals surface area (Å²) in [5.74, 6) is -9.45. The van der Waals surface area contributed by atoms with Gasteiger partial charge in [-0.05, 0) is 42.8 Å². The van der Waals surface area contributed by atoms with E-state index in [2.05, 4.69) is 0 Å². The lowest BCUT2D eigenvalue weighted by molar-refractivity contribution is -0.276. The van der Waals surface area contributed by atoms with E-state index in [1.807, 2.05) is 0 Å². The van der Waals surface area contributed by atoms with Crippen LogP contribution in [0.5, 0.6) is 46.0 Å². The Kier molecular flexibility index (Phi) is 7.01. The van der Waals surface area contributed by atoms with E-state index in [-0.39, 0.29) is 11.5 Å². The molecule has 222 valence electrons. The van der Waals surface area contributed by atoms with Gasteiger partial charge in [0.2, 0.25) is 17.8 Å². The molecule has 2 heterocycles. The van der Waals surface area contributed by atoms with Gasteiger partial charge in [-0.25, -0.2) is 9.59 Å². The summed E-state index contributed by atoms with van der Waals surface area (Å²) in [5, 5.41) is 93.3. The Balaban J connectivity index is 1.61. The van der Waals surface area contributed by atoms with Crippen molar-refractivity contribution < 1.29 is 74.5 Å². The number of carbonyl (C=O) groups is 2. The van der Waals surface area contributed by atoms with Crippen LogP contribution in [0.2, 0.25) is 0 Å². The molecule has 5 atom stereocenters. The largest absolute Gasteiger partial charge is 0.508 e. The Morgan fingerprint density at radius 2 is 1.31 bits per heavy atom. The highest BCUT2D eigenvalue weighted by Crippen LogP contribution is 2.52. The van der Waals surface area contributed by atoms with Gasteiger partial charge in [-0.1, -0.05) is 0 Å². The minimum absolute atomic E-state index is 0.0360. The standard InChI is InChI=1S/C27H24O15/c1-8-4-9(2-3-12(8)28)40-27-23(36)22(35)24-15(41-27)7-39-25(37)10-5-13(29)18(31)20(33)16(10)17-11(26(38)42-24)6-14(30)19(32)21(17)34/h2-6,15,22-24,27-36H,7H2,1H3/t15-,22-,23-,24-,27-/m1/s1. The van der Waals surface area contributed by atoms with Crippen molar-refractivity contribution in [2.75, 3.05) is 6.61 Å². The summed E-state index contributed by atoms with van der Waals surface area (Å²) in [6, 6.07) is 5.35. The van der Waals surface area contributed by atoms with E-state index >= 15 is 0 Å². The highest BCUT2D eigenvalue weighted by molar-refractivity contribution is 6.08. The highest BCUT2D eigenvalue weighted by Gasteiger charge is 2.49. The maximum Gasteiger partial charge on any atom is 0.339 e. The molecule has 0 unspecified atom stereocenters. The number of hydrogen-bond acceptors (Lipinski definition) is 15. The number of esters is 2. The first-order valence-corrected chi connectivity index (χ1v) is 12.2. The summed E-state index contributed by atoms with van der Waals surface area (Å²) in [6.45, 7) is 0.810. The van der Waals surface area contributed by atoms with Gasteiger partial charge >= 0.3 is 11.9 Å². The van der Waals surface area contributed by atoms with Crippen LogP contribution in [0.3, 0.4) is 0 Å². The van der Waals surface area contributed by atoms with E-state index in [1.165, 1.54) is 18.2 Å². The van der Waals surface area contributed by atoms with Crippen molar-refractivity contribution in [1.29, 1.82) is 0 Å². The van der Waals surface area contributed by atoms with Crippen molar-refractivity contribution >= 4 is 11.9 Å². The monoisotopic (exact) mass is 588 g/mol. The Morgan fingerprint density at radius 1 is 0.738 bits per heavy atom. The average Bonchev–Trinajstić information content (AvgIpc) is 2.96. The summed E-state index contributed by atoms with van der Waals surface area (Å²) in [7, 11) is 0. The van der Waals surface area contributed by atoms with E-state index in [0.29, 0.717) is 17.7 Å². The molecule has 1 fully saturated rings. The molecule has 42 heavy (non-hydrogen) atoms. The molecule has 15 nitrogen and oxygen atoms in total. The molecule has 0 aliphatic carbocycles. The van der Waals surface area contributed by atoms with Crippen LogP contribution in [0.1, 0.15) is 26.3 Å². The summed E-state index contributed by atoms with van der Waals surface area (Å²) in [6.07, 6.45) is -8.66. The van der Waals surface area contributed by atoms with E-state index in [1.54, 1.807) is 6.92 Å². The molecule has 1 saturated heterocycles. The molecular formula is C27H24O15. The number of ether oxygens (including phenoxy) is 4. The number of aliphatic hydroxyl groups excluding tert-OH is 2. The number of rotatable bonds is 2. The fourth-order valence-electron chi connectivity index (χ4n) is 4.66. The molecule has 2 aliphatic rings. The zero-order chi connectivity index (χ0) is 30.6. The van der Waals surface area contributed by atoms with Gasteiger partial charge in [0.1, 0.15) is 36.4 Å². The van der Waals surface area contributed by atoms with Crippen LogP contribution in [-0.2, 0) is 14.2 Å². The molecule has 5 rings (SSSR count). The predicted molar refractivity (Wildman–Crippen MR) is 135 cm³/mol. The van der Waals surface area contributed by atoms with Crippen molar-refractivity contribution in [1.82, 2.24) is 0 Å². The third-order valence-electron chi connectivity index (χ3n) is 6.88. The van der Waals surface area contributed by atoms with Gasteiger partial charge in [-0.2, -0.15) is 0 Å². The molecule has 0 spiro atoms. The summed E-state index contributed by atoms with van der Waals surface area (Å²) in [5.41, 5.74) is -2.67. The number of carbonyl (C=O) groups excluding carboxylic acids is 2. The van der Waals surface area contributed by atoms with Gasteiger partial charge in [0.25, 0.3) is 0 Å². The number of phenolic OH excluding ortho intramolecular Hbond substituents is 7. The summed E-state index contributed by atoms with van der Waals surface area (Å²) < 4.78 is 21.9. The Morgan fingerprint density at radius 3 is 1.88 bits per heavy atom. The second-order valence-electron chi connectivity index (χ2n) is 9.59. The number of aromatic hydroxyl groups is 7. The zero-order valence-corrected chi connectivity index (χ0v) is 21.5. The molecule has 0 aromatic heterocycles. The van der Waals surface area contributed by atoms with Crippen molar-refractivity contribution in [3.8, 4) is 57.1 Å². The first-order chi connectivity index (χ1) is 19.8. The second-order valence-corrected chi connectivity index (χ2v) is 9.59. The first kappa shape index (κ1) is 28.4. The summed E-state index contributed by atoms with van der Waals surface area (Å²) in [4.78, 5) is 26.6. The normalized spacial score (nSPS) is 23.8. The molecule has 0 radical (unpaired) electrons. The number of phenols is 7. The van der Waals surface area contributed by atoms with Gasteiger partial charge in [-0.15, -0.1) is 0 Å². The lowest BCUT2D eigenvalue weighted by atomic mass is 9.92. The van der Waals surface area contributed by atoms with Gasteiger partial charge in [0, 0.05) is 11.1 Å². The van der Waals surface area contributed by atoms with E-state index < -0.39 is 106 Å². The Labute approximate surface area is 235 Å². The minimum atomic E-state index is -1.93. The lowest BCUT2D eigenvalue weighted by Crippen LogP contribution is -2.61. The minimum Gasteiger partial charge on any atom is -0.508 e. The van der Waals surface area contributed by atoms with Crippen LogP contribution in [0.15, 0.2) is 30.3 Å². The quantitative estimate of drug-likeness (QED) is 0.148. The molecule has 0 bridgehead atoms. The number of benzene rings is 3. The van der Waals surface area contributed by atoms with Crippen LogP contribution in [0.4, 0.5) is 0 Å². The molecule has 3 aromatic rings. The molecule has 0 amide bonds. The van der Waals surface area contributed by atoms with Crippen LogP contribution in [0, 0.1) is 6.92 Å². The van der Waals surface area contributed by atoms with Crippen molar-refractivity contribution in [3.63, 3.8) is 0 Å². The Bertz CT molecular complexity index is 1600. The molecule has 9 N–H and O–H groups in total. The third-order valence-corrected chi connectivity index (χ3v) is 6.88. The van der Waals surface area contributed by atoms with Crippen molar-refractivity contribution in [2.24, 2.45) is 0 Å². The van der Waals surface area contributed by atoms with Crippen LogP contribution >= 0.6 is 0 Å². The van der Waals surface area contributed by atoms with E-state index in [0.717, 1.165) is 0 Å². The zero-order valence-electron chi connectivity index (χ0n) is 21.5. The molecular weight excluding hydrogens is 564 g/mol. The number of aryl methyl sites for hydroxylation is 1. The third kappa shape index (κ3) is 4.64. The van der Waals surface area contributed by atoms with E-state index in [9.17, 15) is 55.5 Å². The maximum atomic E-state index is 13.4. The number of aliphatic hydroxyl groups is 2. The fourth-order valence-corrected chi connectivity index (χ4v) is 4.66. The maximum absolute atomic E-state index is 13.4. The number of cyclic esters (lactones) is 1. The molecule has 3 aromatic carbocycles. The molecule has 15 heteroatoms. The highest BCUT2D eigenvalue weighted by atomic mass is 16.7. The van der Waals surface area contributed by atoms with Crippen molar-refractivity contribution in [3.05, 3.63) is 47.0 Å². The SMILES string of the molecule is Cc1cc(O[C@@H]2O[C@@H]3COC(=O)c4cc(O)c(O)c(O)c4-c4c(cc(O)c(O)c4O)C(=O)O[C@H]3[C@H](O)[C@H]2O)ccc1O. The predicted octanol–water partition coefficient (Wildman–Crippen LogP) is 0.823. The van der Waals surface area contributed by atoms with Gasteiger partial charge in [-0.3, -0.25) is 0 Å². The first-order valence-electron chi connectivity index (χ1n) is 12.2. The second kappa shape index (κ2) is 10.4. The van der Waals surface area contributed by atoms with Gasteiger partial charge in [0.15, 0.2) is 29.1 Å². The van der Waals surface area contributed by atoms with E-state index in [4.69, 9.17) is 18.9 Å².